The minimum Gasteiger partial charge on any atom is -0.310 e. The summed E-state index contributed by atoms with van der Waals surface area (Å²) < 4.78 is 27.0. The summed E-state index contributed by atoms with van der Waals surface area (Å²) in [4.78, 5) is 16.6. The summed E-state index contributed by atoms with van der Waals surface area (Å²) in [7, 11) is 0. The third-order valence-electron chi connectivity index (χ3n) is 5.04. The predicted octanol–water partition coefficient (Wildman–Crippen LogP) is 3.82. The van der Waals surface area contributed by atoms with Crippen LogP contribution in [0.3, 0.4) is 0 Å². The van der Waals surface area contributed by atoms with Crippen LogP contribution >= 0.6 is 0 Å². The third kappa shape index (κ3) is 3.42. The number of anilines is 1. The van der Waals surface area contributed by atoms with Crippen LogP contribution in [0.5, 0.6) is 0 Å². The van der Waals surface area contributed by atoms with Gasteiger partial charge in [0.2, 0.25) is 5.91 Å². The van der Waals surface area contributed by atoms with Crippen molar-refractivity contribution in [3.63, 3.8) is 0 Å². The first kappa shape index (κ1) is 17.5. The Morgan fingerprint density at radius 2 is 1.88 bits per heavy atom. The molecule has 1 amide bonds. The van der Waals surface area contributed by atoms with Gasteiger partial charge in [0.05, 0.1) is 6.04 Å². The topological polar surface area (TPSA) is 23.6 Å². The third-order valence-corrected chi connectivity index (χ3v) is 5.04. The average Bonchev–Trinajstić information content (AvgIpc) is 2.57. The Balaban J connectivity index is 1.78. The first-order valence-corrected chi connectivity index (χ1v) is 8.44. The van der Waals surface area contributed by atoms with Crippen LogP contribution in [0.15, 0.2) is 36.4 Å². The summed E-state index contributed by atoms with van der Waals surface area (Å²) in [6.45, 7) is 7.36. The van der Waals surface area contributed by atoms with E-state index in [0.29, 0.717) is 25.2 Å². The second-order valence-corrected chi connectivity index (χ2v) is 6.59. The van der Waals surface area contributed by atoms with Crippen molar-refractivity contribution in [2.45, 2.75) is 33.4 Å². The lowest BCUT2D eigenvalue weighted by atomic mass is 10.0. The van der Waals surface area contributed by atoms with Gasteiger partial charge in [-0.05, 0) is 44.0 Å². The van der Waals surface area contributed by atoms with Crippen molar-refractivity contribution in [3.05, 3.63) is 64.7 Å². The molecular weight excluding hydrogens is 322 g/mol. The Morgan fingerprint density at radius 1 is 1.12 bits per heavy atom. The van der Waals surface area contributed by atoms with Gasteiger partial charge < -0.3 is 4.90 Å². The predicted molar refractivity (Wildman–Crippen MR) is 94.5 cm³/mol. The van der Waals surface area contributed by atoms with E-state index in [0.717, 1.165) is 22.9 Å². The van der Waals surface area contributed by atoms with Crippen molar-refractivity contribution < 1.29 is 13.6 Å². The van der Waals surface area contributed by atoms with Crippen molar-refractivity contribution in [3.8, 4) is 0 Å². The van der Waals surface area contributed by atoms with Crippen LogP contribution in [0.4, 0.5) is 14.5 Å². The van der Waals surface area contributed by atoms with Crippen molar-refractivity contribution >= 4 is 11.6 Å². The Hall–Kier alpha value is -2.27. The molecular formula is C20H22F2N2O. The molecule has 0 bridgehead atoms. The average molecular weight is 344 g/mol. The normalized spacial score (nSPS) is 18.7. The van der Waals surface area contributed by atoms with Gasteiger partial charge in [-0.1, -0.05) is 18.2 Å². The molecule has 1 aliphatic heterocycles. The summed E-state index contributed by atoms with van der Waals surface area (Å²) in [6, 6.07) is 9.15. The lowest BCUT2D eigenvalue weighted by molar-refractivity contribution is -0.125. The Labute approximate surface area is 146 Å². The molecule has 0 N–H and O–H groups in total. The fourth-order valence-electron chi connectivity index (χ4n) is 3.27. The molecule has 5 heteroatoms. The molecule has 0 radical (unpaired) electrons. The molecule has 2 aromatic carbocycles. The van der Waals surface area contributed by atoms with Crippen molar-refractivity contribution in [2.24, 2.45) is 0 Å². The smallest absolute Gasteiger partial charge is 0.244 e. The van der Waals surface area contributed by atoms with Gasteiger partial charge in [-0.2, -0.15) is 0 Å². The highest BCUT2D eigenvalue weighted by Crippen LogP contribution is 2.27. The fourth-order valence-corrected chi connectivity index (χ4v) is 3.27. The Kier molecular flexibility index (Phi) is 4.86. The molecule has 2 aromatic rings. The molecule has 25 heavy (non-hydrogen) atoms. The molecule has 3 nitrogen and oxygen atoms in total. The number of piperazine rings is 1. The number of aryl methyl sites for hydroxylation is 1. The first-order chi connectivity index (χ1) is 11.9. The number of carbonyl (C=O) groups excluding carboxylic acids is 1. The molecule has 1 unspecified atom stereocenters. The van der Waals surface area contributed by atoms with Gasteiger partial charge in [-0.15, -0.1) is 0 Å². The van der Waals surface area contributed by atoms with Gasteiger partial charge in [0.15, 0.2) is 0 Å². The van der Waals surface area contributed by atoms with Crippen molar-refractivity contribution in [1.82, 2.24) is 4.90 Å². The van der Waals surface area contributed by atoms with Crippen LogP contribution in [0, 0.1) is 25.5 Å². The lowest BCUT2D eigenvalue weighted by Gasteiger charge is -2.39. The van der Waals surface area contributed by atoms with Crippen LogP contribution in [0.1, 0.15) is 23.6 Å². The van der Waals surface area contributed by atoms with Crippen LogP contribution in [-0.2, 0) is 11.3 Å². The molecule has 1 atom stereocenters. The van der Waals surface area contributed by atoms with Gasteiger partial charge in [0.1, 0.15) is 11.6 Å². The number of carbonyl (C=O) groups is 1. The molecule has 1 heterocycles. The molecule has 0 aliphatic carbocycles. The van der Waals surface area contributed by atoms with Gasteiger partial charge in [-0.25, -0.2) is 8.78 Å². The van der Waals surface area contributed by atoms with E-state index in [9.17, 15) is 13.6 Å². The summed E-state index contributed by atoms with van der Waals surface area (Å²) in [5.41, 5.74) is 3.58. The van der Waals surface area contributed by atoms with E-state index in [1.165, 1.54) is 12.1 Å². The highest BCUT2D eigenvalue weighted by atomic mass is 19.1. The standard InChI is InChI=1S/C20H22F2N2O/c1-13-5-4-6-19(14(13)2)24-10-9-23(15(3)20(24)25)12-16-7-8-17(21)11-18(16)22/h4-8,11,15H,9-10,12H2,1-3H3. The summed E-state index contributed by atoms with van der Waals surface area (Å²) in [5.74, 6) is -1.16. The second kappa shape index (κ2) is 6.92. The number of amides is 1. The summed E-state index contributed by atoms with van der Waals surface area (Å²) in [6.07, 6.45) is 0. The largest absolute Gasteiger partial charge is 0.310 e. The summed E-state index contributed by atoms with van der Waals surface area (Å²) >= 11 is 0. The lowest BCUT2D eigenvalue weighted by Crippen LogP contribution is -2.55. The van der Waals surface area contributed by atoms with Gasteiger partial charge in [0.25, 0.3) is 0 Å². The first-order valence-electron chi connectivity index (χ1n) is 8.44. The number of halogens is 2. The quantitative estimate of drug-likeness (QED) is 0.845. The highest BCUT2D eigenvalue weighted by Gasteiger charge is 2.33. The minimum atomic E-state index is -0.592. The zero-order valence-electron chi connectivity index (χ0n) is 14.7. The maximum atomic E-state index is 13.9. The molecule has 132 valence electrons. The Bertz CT molecular complexity index is 806. The van der Waals surface area contributed by atoms with E-state index in [-0.39, 0.29) is 11.9 Å². The zero-order chi connectivity index (χ0) is 18.1. The molecule has 1 fully saturated rings. The van der Waals surface area contributed by atoms with Gasteiger partial charge >= 0.3 is 0 Å². The number of hydrogen-bond acceptors (Lipinski definition) is 2. The molecule has 0 aromatic heterocycles. The van der Waals surface area contributed by atoms with E-state index in [4.69, 9.17) is 0 Å². The van der Waals surface area contributed by atoms with E-state index in [1.807, 2.05) is 48.8 Å². The molecule has 0 saturated carbocycles. The van der Waals surface area contributed by atoms with Gasteiger partial charge in [-0.3, -0.25) is 9.69 Å². The van der Waals surface area contributed by atoms with E-state index in [2.05, 4.69) is 0 Å². The fraction of sp³-hybridized carbons (Fsp3) is 0.350. The Morgan fingerprint density at radius 3 is 2.60 bits per heavy atom. The van der Waals surface area contributed by atoms with Crippen LogP contribution in [-0.4, -0.2) is 29.9 Å². The van der Waals surface area contributed by atoms with E-state index < -0.39 is 11.6 Å². The number of nitrogens with zero attached hydrogens (tertiary/aromatic N) is 2. The van der Waals surface area contributed by atoms with Crippen molar-refractivity contribution in [1.29, 1.82) is 0 Å². The molecule has 0 spiro atoms. The molecule has 1 saturated heterocycles. The molecule has 1 aliphatic rings. The number of benzene rings is 2. The number of rotatable bonds is 3. The highest BCUT2D eigenvalue weighted by molar-refractivity contribution is 5.98. The van der Waals surface area contributed by atoms with Crippen LogP contribution in [0.25, 0.3) is 0 Å². The van der Waals surface area contributed by atoms with Crippen molar-refractivity contribution in [2.75, 3.05) is 18.0 Å². The van der Waals surface area contributed by atoms with Gasteiger partial charge in [0, 0.05) is 37.0 Å². The maximum absolute atomic E-state index is 13.9. The van der Waals surface area contributed by atoms with Crippen LogP contribution < -0.4 is 4.90 Å². The van der Waals surface area contributed by atoms with Crippen LogP contribution in [0.2, 0.25) is 0 Å². The second-order valence-electron chi connectivity index (χ2n) is 6.59. The summed E-state index contributed by atoms with van der Waals surface area (Å²) in [5, 5.41) is 0. The SMILES string of the molecule is Cc1cccc(N2CCN(Cc3ccc(F)cc3F)C(C)C2=O)c1C. The maximum Gasteiger partial charge on any atom is 0.244 e. The number of hydrogen-bond donors (Lipinski definition) is 0. The minimum absolute atomic E-state index is 0.00229. The monoisotopic (exact) mass is 344 g/mol. The molecule has 3 rings (SSSR count). The van der Waals surface area contributed by atoms with E-state index >= 15 is 0 Å². The zero-order valence-corrected chi connectivity index (χ0v) is 14.7. The van der Waals surface area contributed by atoms with E-state index in [1.54, 1.807) is 0 Å².